The molecule has 0 fully saturated rings. The molecule has 0 unspecified atom stereocenters. The zero-order valence-electron chi connectivity index (χ0n) is 16.6. The summed E-state index contributed by atoms with van der Waals surface area (Å²) in [5.74, 6) is -0.193. The average molecular weight is 436 g/mol. The number of aromatic nitrogens is 1. The van der Waals surface area contributed by atoms with E-state index >= 15 is 0 Å². The van der Waals surface area contributed by atoms with Gasteiger partial charge in [-0.25, -0.2) is 4.98 Å². The highest BCUT2D eigenvalue weighted by atomic mass is 32.2. The molecule has 1 aliphatic rings. The van der Waals surface area contributed by atoms with Crippen molar-refractivity contribution in [3.63, 3.8) is 0 Å². The number of nitrogens with zero attached hydrogens (tertiary/aromatic N) is 3. The number of esters is 1. The van der Waals surface area contributed by atoms with Crippen LogP contribution in [0.1, 0.15) is 22.4 Å². The van der Waals surface area contributed by atoms with Crippen LogP contribution in [0.2, 0.25) is 0 Å². The molecule has 0 radical (unpaired) electrons. The van der Waals surface area contributed by atoms with Gasteiger partial charge in [-0.15, -0.1) is 11.3 Å². The molecule has 0 amide bonds. The van der Waals surface area contributed by atoms with Crippen LogP contribution in [0.25, 0.3) is 10.4 Å². The monoisotopic (exact) mass is 435 g/mol. The zero-order chi connectivity index (χ0) is 20.9. The summed E-state index contributed by atoms with van der Waals surface area (Å²) in [4.78, 5) is 20.4. The Morgan fingerprint density at radius 3 is 2.87 bits per heavy atom. The molecule has 0 saturated heterocycles. The first-order chi connectivity index (χ1) is 14.7. The molecule has 3 heterocycles. The maximum Gasteiger partial charge on any atom is 0.316 e. The number of thioether (sulfide) groups is 1. The van der Waals surface area contributed by atoms with Gasteiger partial charge in [0.25, 0.3) is 0 Å². The van der Waals surface area contributed by atoms with Gasteiger partial charge in [0.2, 0.25) is 0 Å². The minimum absolute atomic E-state index is 0.122. The van der Waals surface area contributed by atoms with Gasteiger partial charge in [0.15, 0.2) is 0 Å². The molecule has 3 aromatic rings. The number of nitriles is 1. The Hall–Kier alpha value is -2.66. The Bertz CT molecular complexity index is 1080. The van der Waals surface area contributed by atoms with Crippen molar-refractivity contribution in [2.75, 3.05) is 19.3 Å². The number of hydrogen-bond acceptors (Lipinski definition) is 7. The second-order valence-electron chi connectivity index (χ2n) is 7.10. The van der Waals surface area contributed by atoms with Crippen molar-refractivity contribution in [2.24, 2.45) is 0 Å². The number of benzene rings is 1. The summed E-state index contributed by atoms with van der Waals surface area (Å²) in [6.45, 7) is 1.95. The van der Waals surface area contributed by atoms with E-state index in [1.807, 2.05) is 47.8 Å². The van der Waals surface area contributed by atoms with Gasteiger partial charge in [0.05, 0.1) is 11.3 Å². The maximum absolute atomic E-state index is 12.3. The first-order valence-corrected chi connectivity index (χ1v) is 11.5. The Kier molecular flexibility index (Phi) is 6.48. The van der Waals surface area contributed by atoms with Gasteiger partial charge < -0.3 is 9.64 Å². The molecule has 5 nitrogen and oxygen atoms in total. The molecule has 4 rings (SSSR count). The number of ether oxygens (including phenoxy) is 1. The summed E-state index contributed by atoms with van der Waals surface area (Å²) in [5, 5.41) is 12.6. The lowest BCUT2D eigenvalue weighted by Crippen LogP contribution is -2.28. The molecule has 30 heavy (non-hydrogen) atoms. The van der Waals surface area contributed by atoms with Crippen molar-refractivity contribution in [2.45, 2.75) is 24.6 Å². The molecule has 1 aromatic carbocycles. The lowest BCUT2D eigenvalue weighted by molar-refractivity contribution is -0.141. The zero-order valence-corrected chi connectivity index (χ0v) is 18.3. The van der Waals surface area contributed by atoms with E-state index in [9.17, 15) is 10.1 Å². The Balaban J connectivity index is 1.57. The van der Waals surface area contributed by atoms with E-state index in [1.165, 1.54) is 11.8 Å². The summed E-state index contributed by atoms with van der Waals surface area (Å²) >= 11 is 2.90. The van der Waals surface area contributed by atoms with Crippen LogP contribution in [0.4, 0.5) is 0 Å². The highest BCUT2D eigenvalue weighted by Gasteiger charge is 2.25. The Labute approximate surface area is 184 Å². The molecule has 152 valence electrons. The summed E-state index contributed by atoms with van der Waals surface area (Å²) < 4.78 is 5.38. The molecule has 2 aromatic heterocycles. The SMILES string of the molecule is CN1CCc2nc(SCC(=O)OCc3ccccc3)c(C#N)c(-c3cccs3)c2C1. The summed E-state index contributed by atoms with van der Waals surface area (Å²) in [5.41, 5.74) is 4.61. The lowest BCUT2D eigenvalue weighted by atomic mass is 9.96. The lowest BCUT2D eigenvalue weighted by Gasteiger charge is -2.27. The number of hydrogen-bond donors (Lipinski definition) is 0. The number of carbonyl (C=O) groups excluding carboxylic acids is 1. The number of thiophene rings is 1. The number of carbonyl (C=O) groups is 1. The van der Waals surface area contributed by atoms with Crippen LogP contribution in [0, 0.1) is 11.3 Å². The second kappa shape index (κ2) is 9.43. The molecule has 0 spiro atoms. The van der Waals surface area contributed by atoms with Gasteiger partial charge in [-0.3, -0.25) is 4.79 Å². The fourth-order valence-corrected chi connectivity index (χ4v) is 5.09. The van der Waals surface area contributed by atoms with Crippen LogP contribution in [-0.2, 0) is 29.1 Å². The van der Waals surface area contributed by atoms with Crippen molar-refractivity contribution in [3.05, 3.63) is 70.2 Å². The molecular formula is C23H21N3O2S2. The summed E-state index contributed by atoms with van der Waals surface area (Å²) in [6, 6.07) is 16.0. The first-order valence-electron chi connectivity index (χ1n) is 9.66. The third-order valence-electron chi connectivity index (χ3n) is 4.96. The van der Waals surface area contributed by atoms with E-state index in [1.54, 1.807) is 11.3 Å². The van der Waals surface area contributed by atoms with E-state index in [4.69, 9.17) is 9.72 Å². The fourth-order valence-electron chi connectivity index (χ4n) is 3.48. The van der Waals surface area contributed by atoms with Gasteiger partial charge in [-0.05, 0) is 29.6 Å². The van der Waals surface area contributed by atoms with E-state index in [0.29, 0.717) is 10.6 Å². The predicted molar refractivity (Wildman–Crippen MR) is 119 cm³/mol. The summed E-state index contributed by atoms with van der Waals surface area (Å²) in [6.07, 6.45) is 0.835. The van der Waals surface area contributed by atoms with Gasteiger partial charge >= 0.3 is 5.97 Å². The third kappa shape index (κ3) is 4.57. The van der Waals surface area contributed by atoms with Crippen LogP contribution in [-0.4, -0.2) is 35.2 Å². The van der Waals surface area contributed by atoms with Crippen molar-refractivity contribution in [1.82, 2.24) is 9.88 Å². The molecule has 0 bridgehead atoms. The number of likely N-dealkylation sites (N-methyl/N-ethyl adjacent to an activating group) is 1. The average Bonchev–Trinajstić information content (AvgIpc) is 3.30. The molecule has 0 N–H and O–H groups in total. The van der Waals surface area contributed by atoms with E-state index < -0.39 is 0 Å². The Morgan fingerprint density at radius 1 is 1.30 bits per heavy atom. The minimum Gasteiger partial charge on any atom is -0.460 e. The second-order valence-corrected chi connectivity index (χ2v) is 9.02. The van der Waals surface area contributed by atoms with Gasteiger partial charge in [-0.2, -0.15) is 5.26 Å². The predicted octanol–water partition coefficient (Wildman–Crippen LogP) is 4.51. The van der Waals surface area contributed by atoms with Gasteiger partial charge in [0.1, 0.15) is 17.7 Å². The maximum atomic E-state index is 12.3. The Morgan fingerprint density at radius 2 is 2.13 bits per heavy atom. The van der Waals surface area contributed by atoms with Crippen molar-refractivity contribution in [3.8, 4) is 16.5 Å². The van der Waals surface area contributed by atoms with Crippen molar-refractivity contribution < 1.29 is 9.53 Å². The molecule has 7 heteroatoms. The van der Waals surface area contributed by atoms with Crippen LogP contribution in [0.5, 0.6) is 0 Å². The molecule has 0 atom stereocenters. The van der Waals surface area contributed by atoms with Crippen LogP contribution in [0.3, 0.4) is 0 Å². The summed E-state index contributed by atoms with van der Waals surface area (Å²) in [7, 11) is 2.08. The number of pyridine rings is 1. The quantitative estimate of drug-likeness (QED) is 0.419. The van der Waals surface area contributed by atoms with E-state index in [0.717, 1.165) is 46.8 Å². The molecule has 0 saturated carbocycles. The molecular weight excluding hydrogens is 414 g/mol. The van der Waals surface area contributed by atoms with Gasteiger partial charge in [0, 0.05) is 35.6 Å². The highest BCUT2D eigenvalue weighted by molar-refractivity contribution is 7.99. The largest absolute Gasteiger partial charge is 0.460 e. The van der Waals surface area contributed by atoms with E-state index in [-0.39, 0.29) is 18.3 Å². The minimum atomic E-state index is -0.315. The van der Waals surface area contributed by atoms with Crippen molar-refractivity contribution >= 4 is 29.1 Å². The number of fused-ring (bicyclic) bond motifs is 1. The van der Waals surface area contributed by atoms with E-state index in [2.05, 4.69) is 18.0 Å². The molecule has 1 aliphatic heterocycles. The molecule has 0 aliphatic carbocycles. The van der Waals surface area contributed by atoms with Crippen LogP contribution < -0.4 is 0 Å². The first kappa shape index (κ1) is 20.6. The fraction of sp³-hybridized carbons (Fsp3) is 0.261. The van der Waals surface area contributed by atoms with Crippen LogP contribution in [0.15, 0.2) is 52.9 Å². The van der Waals surface area contributed by atoms with Crippen LogP contribution >= 0.6 is 23.1 Å². The topological polar surface area (TPSA) is 66.2 Å². The number of rotatable bonds is 6. The smallest absolute Gasteiger partial charge is 0.316 e. The standard InChI is InChI=1S/C23H21N3O2S2/c1-26-10-9-19-18(13-26)22(20-8-5-11-29-20)17(12-24)23(25-19)30-15-21(27)28-14-16-6-3-2-4-7-16/h2-8,11H,9-10,13-15H2,1H3. The normalized spacial score (nSPS) is 13.5. The van der Waals surface area contributed by atoms with Gasteiger partial charge in [-0.1, -0.05) is 48.2 Å². The van der Waals surface area contributed by atoms with Crippen molar-refractivity contribution in [1.29, 1.82) is 5.26 Å². The highest BCUT2D eigenvalue weighted by Crippen LogP contribution is 2.38. The third-order valence-corrected chi connectivity index (χ3v) is 6.79.